The van der Waals surface area contributed by atoms with Crippen LogP contribution in [0, 0.1) is 11.2 Å². The van der Waals surface area contributed by atoms with Gasteiger partial charge in [-0.25, -0.2) is 12.8 Å². The van der Waals surface area contributed by atoms with Crippen LogP contribution in [0.25, 0.3) is 0 Å². The quantitative estimate of drug-likeness (QED) is 0.200. The van der Waals surface area contributed by atoms with Gasteiger partial charge in [0.05, 0.1) is 5.75 Å². The van der Waals surface area contributed by atoms with Gasteiger partial charge in [-0.05, 0) is 54.9 Å². The summed E-state index contributed by atoms with van der Waals surface area (Å²) in [5.41, 5.74) is 1.43. The molecule has 0 radical (unpaired) electrons. The Bertz CT molecular complexity index is 797. The first kappa shape index (κ1) is 27.1. The zero-order valence-electron chi connectivity index (χ0n) is 18.2. The predicted octanol–water partition coefficient (Wildman–Crippen LogP) is 3.64. The van der Waals surface area contributed by atoms with Gasteiger partial charge in [-0.2, -0.15) is 0 Å². The molecule has 9 heteroatoms. The van der Waals surface area contributed by atoms with E-state index in [0.717, 1.165) is 26.2 Å². The standard InChI is InChI=1S/C21H34FN3O3S.HI/c1-4-28-12-11-21(9-5-6-10-21)16-25-20(23-2)24-14-18-13-19(22)8-7-17(18)15-29(3,26)27;/h7-8,13H,4-6,9-12,14-16H2,1-3H3,(H2,23,24,25);1H. The maximum atomic E-state index is 13.7. The summed E-state index contributed by atoms with van der Waals surface area (Å²) in [5, 5.41) is 6.60. The van der Waals surface area contributed by atoms with Gasteiger partial charge in [0, 0.05) is 39.6 Å². The number of benzene rings is 1. The molecule has 0 bridgehead atoms. The van der Waals surface area contributed by atoms with Gasteiger partial charge in [-0.1, -0.05) is 18.9 Å². The van der Waals surface area contributed by atoms with Gasteiger partial charge in [-0.15, -0.1) is 24.0 Å². The summed E-state index contributed by atoms with van der Waals surface area (Å²) in [5.74, 6) is 0.127. The second-order valence-corrected chi connectivity index (χ2v) is 10.1. The number of sulfone groups is 1. The van der Waals surface area contributed by atoms with Crippen LogP contribution < -0.4 is 10.6 Å². The minimum Gasteiger partial charge on any atom is -0.382 e. The number of hydrogen-bond acceptors (Lipinski definition) is 4. The minimum absolute atomic E-state index is 0. The molecule has 1 aromatic rings. The third-order valence-corrected chi connectivity index (χ3v) is 6.37. The summed E-state index contributed by atoms with van der Waals surface area (Å²) in [4.78, 5) is 4.27. The van der Waals surface area contributed by atoms with Crippen LogP contribution in [0.4, 0.5) is 4.39 Å². The van der Waals surface area contributed by atoms with E-state index in [1.54, 1.807) is 7.05 Å². The van der Waals surface area contributed by atoms with E-state index in [0.29, 0.717) is 23.6 Å². The van der Waals surface area contributed by atoms with Crippen molar-refractivity contribution in [2.45, 2.75) is 51.3 Å². The first-order valence-electron chi connectivity index (χ1n) is 10.2. The lowest BCUT2D eigenvalue weighted by Crippen LogP contribution is -2.43. The Morgan fingerprint density at radius 2 is 1.93 bits per heavy atom. The van der Waals surface area contributed by atoms with Gasteiger partial charge in [-0.3, -0.25) is 4.99 Å². The molecule has 0 atom stereocenters. The first-order chi connectivity index (χ1) is 13.8. The molecule has 0 aromatic heterocycles. The third-order valence-electron chi connectivity index (χ3n) is 5.53. The van der Waals surface area contributed by atoms with Crippen molar-refractivity contribution in [3.05, 3.63) is 35.1 Å². The molecule has 0 unspecified atom stereocenters. The predicted molar refractivity (Wildman–Crippen MR) is 131 cm³/mol. The van der Waals surface area contributed by atoms with Gasteiger partial charge in [0.1, 0.15) is 5.82 Å². The molecular formula is C21H35FIN3O3S. The van der Waals surface area contributed by atoms with E-state index in [1.165, 1.54) is 50.1 Å². The summed E-state index contributed by atoms with van der Waals surface area (Å²) in [7, 11) is -1.51. The number of nitrogens with zero attached hydrogens (tertiary/aromatic N) is 1. The van der Waals surface area contributed by atoms with Crippen LogP contribution in [0.2, 0.25) is 0 Å². The summed E-state index contributed by atoms with van der Waals surface area (Å²) in [6.07, 6.45) is 7.01. The fraction of sp³-hybridized carbons (Fsp3) is 0.667. The van der Waals surface area contributed by atoms with Gasteiger partial charge in [0.15, 0.2) is 15.8 Å². The largest absolute Gasteiger partial charge is 0.382 e. The van der Waals surface area contributed by atoms with E-state index in [4.69, 9.17) is 4.74 Å². The Kier molecular flexibility index (Phi) is 11.6. The zero-order valence-corrected chi connectivity index (χ0v) is 21.3. The third kappa shape index (κ3) is 9.05. The fourth-order valence-electron chi connectivity index (χ4n) is 3.93. The van der Waals surface area contributed by atoms with Gasteiger partial charge < -0.3 is 15.4 Å². The van der Waals surface area contributed by atoms with Crippen LogP contribution >= 0.6 is 24.0 Å². The molecule has 1 aliphatic rings. The minimum atomic E-state index is -3.21. The first-order valence-corrected chi connectivity index (χ1v) is 12.3. The molecule has 0 aliphatic heterocycles. The van der Waals surface area contributed by atoms with Crippen molar-refractivity contribution in [3.63, 3.8) is 0 Å². The molecule has 6 nitrogen and oxygen atoms in total. The van der Waals surface area contributed by atoms with Gasteiger partial charge >= 0.3 is 0 Å². The number of halogens is 2. The van der Waals surface area contributed by atoms with E-state index < -0.39 is 9.84 Å². The van der Waals surface area contributed by atoms with Crippen LogP contribution in [0.15, 0.2) is 23.2 Å². The number of hydrogen-bond donors (Lipinski definition) is 2. The number of nitrogens with one attached hydrogen (secondary N) is 2. The number of ether oxygens (including phenoxy) is 1. The Balaban J connectivity index is 0.00000450. The molecule has 2 N–H and O–H groups in total. The van der Waals surface area contributed by atoms with Crippen molar-refractivity contribution in [1.82, 2.24) is 10.6 Å². The van der Waals surface area contributed by atoms with Crippen LogP contribution in [0.5, 0.6) is 0 Å². The van der Waals surface area contributed by atoms with Crippen molar-refractivity contribution in [3.8, 4) is 0 Å². The number of rotatable bonds is 10. The highest BCUT2D eigenvalue weighted by Gasteiger charge is 2.33. The molecule has 1 aromatic carbocycles. The molecule has 1 saturated carbocycles. The lowest BCUT2D eigenvalue weighted by molar-refractivity contribution is 0.105. The maximum absolute atomic E-state index is 13.7. The Hall–Kier alpha value is -0.940. The highest BCUT2D eigenvalue weighted by Crippen LogP contribution is 2.40. The van der Waals surface area contributed by atoms with Crippen molar-refractivity contribution in [2.24, 2.45) is 10.4 Å². The van der Waals surface area contributed by atoms with Crippen molar-refractivity contribution in [1.29, 1.82) is 0 Å². The summed E-state index contributed by atoms with van der Waals surface area (Å²) < 4.78 is 42.6. The molecule has 0 saturated heterocycles. The summed E-state index contributed by atoms with van der Waals surface area (Å²) in [6.45, 7) is 4.61. The highest BCUT2D eigenvalue weighted by atomic mass is 127. The van der Waals surface area contributed by atoms with Crippen LogP contribution in [-0.2, 0) is 26.9 Å². The summed E-state index contributed by atoms with van der Waals surface area (Å²) in [6, 6.07) is 4.20. The Morgan fingerprint density at radius 1 is 1.23 bits per heavy atom. The van der Waals surface area contributed by atoms with E-state index in [2.05, 4.69) is 15.6 Å². The second kappa shape index (κ2) is 12.8. The number of guanidine groups is 1. The van der Waals surface area contributed by atoms with E-state index in [9.17, 15) is 12.8 Å². The average Bonchev–Trinajstić information content (AvgIpc) is 3.12. The van der Waals surface area contributed by atoms with Crippen LogP contribution in [0.1, 0.15) is 50.2 Å². The van der Waals surface area contributed by atoms with E-state index in [-0.39, 0.29) is 41.0 Å². The monoisotopic (exact) mass is 555 g/mol. The topological polar surface area (TPSA) is 79.8 Å². The van der Waals surface area contributed by atoms with Crippen molar-refractivity contribution < 1.29 is 17.5 Å². The molecule has 172 valence electrons. The molecule has 1 aliphatic carbocycles. The molecule has 2 rings (SSSR count). The molecule has 30 heavy (non-hydrogen) atoms. The number of aliphatic imine (C=N–C) groups is 1. The molecule has 0 heterocycles. The molecule has 0 spiro atoms. The molecule has 1 fully saturated rings. The lowest BCUT2D eigenvalue weighted by Gasteiger charge is -2.30. The highest BCUT2D eigenvalue weighted by molar-refractivity contribution is 14.0. The van der Waals surface area contributed by atoms with Crippen LogP contribution in [0.3, 0.4) is 0 Å². The molecular weight excluding hydrogens is 520 g/mol. The van der Waals surface area contributed by atoms with Crippen LogP contribution in [-0.4, -0.2) is 47.4 Å². The Morgan fingerprint density at radius 3 is 2.53 bits per heavy atom. The Labute approximate surface area is 197 Å². The normalized spacial score (nSPS) is 16.2. The van der Waals surface area contributed by atoms with E-state index in [1.807, 2.05) is 6.92 Å². The van der Waals surface area contributed by atoms with Gasteiger partial charge in [0.25, 0.3) is 0 Å². The fourth-order valence-corrected chi connectivity index (χ4v) is 4.77. The summed E-state index contributed by atoms with van der Waals surface area (Å²) >= 11 is 0. The van der Waals surface area contributed by atoms with Crippen molar-refractivity contribution in [2.75, 3.05) is 33.1 Å². The average molecular weight is 555 g/mol. The van der Waals surface area contributed by atoms with Crippen molar-refractivity contribution >= 4 is 39.8 Å². The smallest absolute Gasteiger partial charge is 0.191 e. The maximum Gasteiger partial charge on any atom is 0.191 e. The zero-order chi connectivity index (χ0) is 21.3. The molecule has 0 amide bonds. The van der Waals surface area contributed by atoms with E-state index >= 15 is 0 Å². The SMILES string of the molecule is CCOCCC1(CNC(=NC)NCc2cc(F)ccc2CS(C)(=O)=O)CCCC1.I. The lowest BCUT2D eigenvalue weighted by atomic mass is 9.83. The second-order valence-electron chi connectivity index (χ2n) is 7.92. The van der Waals surface area contributed by atoms with Gasteiger partial charge in [0.2, 0.25) is 0 Å².